The third-order valence-corrected chi connectivity index (χ3v) is 0. The van der Waals surface area contributed by atoms with Crippen LogP contribution in [0.5, 0.6) is 0 Å². The van der Waals surface area contributed by atoms with Gasteiger partial charge in [0.1, 0.15) is 0 Å². The molecule has 9 heteroatoms. The van der Waals surface area contributed by atoms with Gasteiger partial charge in [0, 0.05) is 0 Å². The van der Waals surface area contributed by atoms with E-state index in [0.717, 1.165) is 0 Å². The van der Waals surface area contributed by atoms with E-state index in [1.54, 1.807) is 0 Å². The van der Waals surface area contributed by atoms with Gasteiger partial charge in [0.25, 0.3) is 0 Å². The average molecular weight is 254 g/mol. The molecule has 0 unspecified atom stereocenters. The summed E-state index contributed by atoms with van der Waals surface area (Å²) in [6.45, 7) is 0. The van der Waals surface area contributed by atoms with Gasteiger partial charge in [-0.2, -0.15) is 0 Å². The molecule has 0 rings (SSSR count). The molecule has 4 nitrogen and oxygen atoms in total. The van der Waals surface area contributed by atoms with Crippen LogP contribution in [0.25, 0.3) is 0 Å². The second-order valence-corrected chi connectivity index (χ2v) is 2.42. The van der Waals surface area contributed by atoms with Crippen molar-refractivity contribution in [2.75, 3.05) is 0 Å². The van der Waals surface area contributed by atoms with E-state index in [-0.39, 0.29) is 121 Å². The Labute approximate surface area is 148 Å². The normalized spacial score (nSPS) is 6.44. The molecule has 0 saturated heterocycles. The van der Waals surface area contributed by atoms with Gasteiger partial charge in [-0.1, -0.05) is 0 Å². The molecule has 0 aliphatic rings. The Morgan fingerprint density at radius 1 is 0.889 bits per heavy atom. The summed E-state index contributed by atoms with van der Waals surface area (Å²) in [5.74, 6) is 0. The van der Waals surface area contributed by atoms with Crippen LogP contribution in [0.3, 0.4) is 0 Å². The van der Waals surface area contributed by atoms with Gasteiger partial charge in [-0.05, 0) is 0 Å². The Kier molecular flexibility index (Phi) is 47.8. The first kappa shape index (κ1) is 29.2. The van der Waals surface area contributed by atoms with Crippen molar-refractivity contribution >= 4 is 0 Å². The van der Waals surface area contributed by atoms with Crippen molar-refractivity contribution in [1.82, 2.24) is 0 Å². The molecule has 36 valence electrons. The van der Waals surface area contributed by atoms with Crippen LogP contribution in [0.2, 0.25) is 0 Å². The minimum absolute atomic E-state index is 0. The van der Waals surface area contributed by atoms with E-state index >= 15 is 0 Å². The van der Waals surface area contributed by atoms with Gasteiger partial charge in [-0.25, -0.2) is 0 Å². The van der Waals surface area contributed by atoms with Crippen LogP contribution < -0.4 is 126 Å². The number of hydrogen-bond donors (Lipinski definition) is 0. The van der Waals surface area contributed by atoms with Crippen molar-refractivity contribution in [3.8, 4) is 0 Å². The van der Waals surface area contributed by atoms with Crippen LogP contribution in [0.1, 0.15) is 2.85 Å². The fraction of sp³-hybridized carbons (Fsp3) is 0. The van der Waals surface area contributed by atoms with Crippen LogP contribution in [0, 0.1) is 0 Å². The molecule has 0 aromatic heterocycles. The zero-order valence-corrected chi connectivity index (χ0v) is 16.0. The fourth-order valence-corrected chi connectivity index (χ4v) is 0. The molecular formula is H2MoNa4O4. The predicted molar refractivity (Wildman–Crippen MR) is 3.60 cm³/mol. The Bertz CT molecular complexity index is 103. The van der Waals surface area contributed by atoms with Gasteiger partial charge in [0.05, 0.1) is 0 Å². The van der Waals surface area contributed by atoms with E-state index in [2.05, 4.69) is 0 Å². The summed E-state index contributed by atoms with van der Waals surface area (Å²) in [6.07, 6.45) is 0. The van der Waals surface area contributed by atoms with Crippen molar-refractivity contribution < 1.29 is 152 Å². The molecular weight excluding hydrogens is 252 g/mol. The minimum atomic E-state index is -6.02. The zero-order chi connectivity index (χ0) is 4.50. The maximum atomic E-state index is 8.63. The maximum absolute atomic E-state index is 8.63. The molecule has 0 heterocycles. The molecule has 0 aromatic rings. The Morgan fingerprint density at radius 2 is 0.889 bits per heavy atom. The van der Waals surface area contributed by atoms with E-state index in [1.165, 1.54) is 0 Å². The van der Waals surface area contributed by atoms with Gasteiger partial charge in [-0.3, -0.25) is 0 Å². The van der Waals surface area contributed by atoms with E-state index in [1.807, 2.05) is 0 Å². The summed E-state index contributed by atoms with van der Waals surface area (Å²) in [7, 11) is 0. The summed E-state index contributed by atoms with van der Waals surface area (Å²) in [6, 6.07) is 0. The van der Waals surface area contributed by atoms with E-state index in [4.69, 9.17) is 14.3 Å². The first-order chi connectivity index (χ1) is 2.00. The van der Waals surface area contributed by atoms with E-state index in [0.29, 0.717) is 0 Å². The fourth-order valence-electron chi connectivity index (χ4n) is 0. The van der Waals surface area contributed by atoms with Crippen LogP contribution in [-0.2, 0) is 23.5 Å². The molecule has 0 aromatic carbocycles. The third-order valence-electron chi connectivity index (χ3n) is 0. The Balaban J connectivity index is -0.00000000533. The molecule has 0 atom stereocenters. The van der Waals surface area contributed by atoms with Crippen LogP contribution >= 0.6 is 0 Å². The summed E-state index contributed by atoms with van der Waals surface area (Å²) in [5, 5.41) is 0. The van der Waals surface area contributed by atoms with Crippen LogP contribution in [-0.4, -0.2) is 0 Å². The molecule has 0 aliphatic heterocycles. The molecule has 0 saturated carbocycles. The summed E-state index contributed by atoms with van der Waals surface area (Å²) >= 11 is -6.02. The monoisotopic (exact) mass is 256 g/mol. The van der Waals surface area contributed by atoms with Crippen LogP contribution in [0.4, 0.5) is 0 Å². The molecule has 0 spiro atoms. The van der Waals surface area contributed by atoms with Crippen molar-refractivity contribution in [2.24, 2.45) is 0 Å². The molecule has 0 fully saturated rings. The quantitative estimate of drug-likeness (QED) is 0.402. The van der Waals surface area contributed by atoms with Gasteiger partial charge in [-0.15, -0.1) is 0 Å². The van der Waals surface area contributed by atoms with Gasteiger partial charge in [0.2, 0.25) is 0 Å². The summed E-state index contributed by atoms with van der Waals surface area (Å²) in [5.41, 5.74) is 0. The Morgan fingerprint density at radius 3 is 0.889 bits per heavy atom. The summed E-state index contributed by atoms with van der Waals surface area (Å²) in [4.78, 5) is 0. The number of hydrogen-bond acceptors (Lipinski definition) is 4. The van der Waals surface area contributed by atoms with Gasteiger partial charge in [0.15, 0.2) is 0 Å². The topological polar surface area (TPSA) is 80.3 Å². The molecule has 0 amide bonds. The summed E-state index contributed by atoms with van der Waals surface area (Å²) < 4.78 is 34.5. The van der Waals surface area contributed by atoms with Crippen molar-refractivity contribution in [3.63, 3.8) is 0 Å². The third kappa shape index (κ3) is 71.8. The Hall–Kier alpha value is 4.21. The number of rotatable bonds is 0. The molecule has 0 N–H and O–H groups in total. The zero-order valence-electron chi connectivity index (χ0n) is 8.04. The second kappa shape index (κ2) is 14.7. The average Bonchev–Trinajstić information content (AvgIpc) is 0.722. The predicted octanol–water partition coefficient (Wildman–Crippen LogP) is -14.4. The van der Waals surface area contributed by atoms with Crippen LogP contribution in [0.15, 0.2) is 0 Å². The van der Waals surface area contributed by atoms with Crippen molar-refractivity contribution in [3.05, 3.63) is 0 Å². The van der Waals surface area contributed by atoms with Gasteiger partial charge < -0.3 is 2.85 Å². The van der Waals surface area contributed by atoms with Crippen molar-refractivity contribution in [2.45, 2.75) is 0 Å². The molecule has 0 aliphatic carbocycles. The molecule has 0 radical (unpaired) electrons. The molecule has 0 bridgehead atoms. The first-order valence-electron chi connectivity index (χ1n) is 0.667. The standard InChI is InChI=1S/Mo.4Na.4O.2H/q;4*+1;;;4*-1. The van der Waals surface area contributed by atoms with Crippen molar-refractivity contribution in [1.29, 1.82) is 0 Å². The molecule has 9 heavy (non-hydrogen) atoms. The van der Waals surface area contributed by atoms with E-state index in [9.17, 15) is 0 Å². The van der Waals surface area contributed by atoms with Gasteiger partial charge >= 0.3 is 149 Å². The first-order valence-corrected chi connectivity index (χ1v) is 3.94. The van der Waals surface area contributed by atoms with E-state index < -0.39 is 16.7 Å². The SMILES string of the molecule is [H-].[H-].[Na+].[Na+].[Na+].[Na+].[O]=[Mo](=[O])([O-])[O-]. The second-order valence-electron chi connectivity index (χ2n) is 0.408.